The number of anilines is 2. The van der Waals surface area contributed by atoms with Crippen LogP contribution in [-0.2, 0) is 9.53 Å². The van der Waals surface area contributed by atoms with Crippen molar-refractivity contribution in [3.63, 3.8) is 0 Å². The molecule has 7 heteroatoms. The summed E-state index contributed by atoms with van der Waals surface area (Å²) in [6.45, 7) is 1.15. The first-order valence-electron chi connectivity index (χ1n) is 5.93. The van der Waals surface area contributed by atoms with E-state index in [0.29, 0.717) is 24.5 Å². The summed E-state index contributed by atoms with van der Waals surface area (Å²) in [4.78, 5) is 11.5. The number of nitrogens with two attached hydrogens (primary N) is 1. The molecule has 102 valence electrons. The number of ether oxygens (including phenoxy) is 1. The number of rotatable bonds is 6. The van der Waals surface area contributed by atoms with Crippen molar-refractivity contribution in [2.75, 3.05) is 37.9 Å². The zero-order valence-corrected chi connectivity index (χ0v) is 10.7. The van der Waals surface area contributed by atoms with Crippen LogP contribution in [0.3, 0.4) is 0 Å². The lowest BCUT2D eigenvalue weighted by atomic mass is 10.2. The van der Waals surface area contributed by atoms with Gasteiger partial charge in [0, 0.05) is 19.0 Å². The highest BCUT2D eigenvalue weighted by Crippen LogP contribution is 2.24. The number of methoxy groups -OCH3 is 1. The highest BCUT2D eigenvalue weighted by atomic mass is 16.5. The number of hydrogen-bond donors (Lipinski definition) is 4. The molecule has 0 aliphatic carbocycles. The molecule has 1 heterocycles. The van der Waals surface area contributed by atoms with Gasteiger partial charge in [0.1, 0.15) is 0 Å². The van der Waals surface area contributed by atoms with Gasteiger partial charge in [-0.1, -0.05) is 0 Å². The Hall–Kier alpha value is -2.28. The topological polar surface area (TPSA) is 105 Å². The molecule has 7 nitrogen and oxygen atoms in total. The second kappa shape index (κ2) is 6.05. The van der Waals surface area contributed by atoms with Crippen molar-refractivity contribution in [2.45, 2.75) is 0 Å². The number of amides is 1. The van der Waals surface area contributed by atoms with Gasteiger partial charge < -0.3 is 21.1 Å². The van der Waals surface area contributed by atoms with Gasteiger partial charge in [0.2, 0.25) is 5.91 Å². The van der Waals surface area contributed by atoms with Gasteiger partial charge in [0.25, 0.3) is 0 Å². The van der Waals surface area contributed by atoms with Gasteiger partial charge in [-0.2, -0.15) is 5.10 Å². The second-order valence-electron chi connectivity index (χ2n) is 4.09. The fourth-order valence-electron chi connectivity index (χ4n) is 1.69. The quantitative estimate of drug-likeness (QED) is 0.444. The lowest BCUT2D eigenvalue weighted by Gasteiger charge is -2.09. The van der Waals surface area contributed by atoms with E-state index >= 15 is 0 Å². The van der Waals surface area contributed by atoms with Crippen LogP contribution in [0.5, 0.6) is 0 Å². The molecule has 0 saturated carbocycles. The Morgan fingerprint density at radius 1 is 1.53 bits per heavy atom. The maximum Gasteiger partial charge on any atom is 0.239 e. The molecule has 0 unspecified atom stereocenters. The number of carbonyl (C=O) groups is 1. The summed E-state index contributed by atoms with van der Waals surface area (Å²) >= 11 is 0. The minimum atomic E-state index is -0.110. The molecule has 0 bridgehead atoms. The molecule has 5 N–H and O–H groups in total. The van der Waals surface area contributed by atoms with Crippen LogP contribution in [0.1, 0.15) is 0 Å². The molecule has 0 spiro atoms. The summed E-state index contributed by atoms with van der Waals surface area (Å²) in [6, 6.07) is 3.64. The number of H-pyrrole nitrogens is 1. The van der Waals surface area contributed by atoms with E-state index in [1.165, 1.54) is 0 Å². The first-order chi connectivity index (χ1) is 9.20. The molecule has 0 atom stereocenters. The fourth-order valence-corrected chi connectivity index (χ4v) is 1.69. The summed E-state index contributed by atoms with van der Waals surface area (Å²) in [5.41, 5.74) is 8.06. The van der Waals surface area contributed by atoms with Crippen LogP contribution >= 0.6 is 0 Å². The van der Waals surface area contributed by atoms with Crippen LogP contribution in [0.15, 0.2) is 18.3 Å². The van der Waals surface area contributed by atoms with Crippen molar-refractivity contribution in [1.29, 1.82) is 0 Å². The lowest BCUT2D eigenvalue weighted by Crippen LogP contribution is -2.32. The van der Waals surface area contributed by atoms with Crippen LogP contribution in [0, 0.1) is 0 Å². The van der Waals surface area contributed by atoms with Gasteiger partial charge >= 0.3 is 0 Å². The Balaban J connectivity index is 1.93. The second-order valence-corrected chi connectivity index (χ2v) is 4.09. The Morgan fingerprint density at radius 3 is 3.16 bits per heavy atom. The van der Waals surface area contributed by atoms with Gasteiger partial charge in [0.05, 0.1) is 36.2 Å². The number of hydrogen-bond acceptors (Lipinski definition) is 5. The smallest absolute Gasteiger partial charge is 0.239 e. The molecule has 0 aliphatic rings. The highest BCUT2D eigenvalue weighted by Gasteiger charge is 2.05. The van der Waals surface area contributed by atoms with Crippen molar-refractivity contribution >= 4 is 28.2 Å². The van der Waals surface area contributed by atoms with Gasteiger partial charge in [-0.3, -0.25) is 9.89 Å². The van der Waals surface area contributed by atoms with Crippen molar-refractivity contribution in [3.05, 3.63) is 18.3 Å². The molecule has 0 fully saturated rings. The Kier molecular flexibility index (Phi) is 4.19. The first-order valence-corrected chi connectivity index (χ1v) is 5.93. The predicted octanol–water partition coefficient (Wildman–Crippen LogP) is 0.320. The monoisotopic (exact) mass is 263 g/mol. The average molecular weight is 263 g/mol. The summed E-state index contributed by atoms with van der Waals surface area (Å²) in [6.07, 6.45) is 1.70. The van der Waals surface area contributed by atoms with Gasteiger partial charge in [-0.25, -0.2) is 0 Å². The van der Waals surface area contributed by atoms with Crippen LogP contribution in [0.25, 0.3) is 10.9 Å². The maximum absolute atomic E-state index is 11.5. The predicted molar refractivity (Wildman–Crippen MR) is 73.9 cm³/mol. The average Bonchev–Trinajstić information content (AvgIpc) is 2.83. The molecular formula is C12H17N5O2. The van der Waals surface area contributed by atoms with E-state index in [1.54, 1.807) is 13.3 Å². The zero-order chi connectivity index (χ0) is 13.7. The molecule has 2 rings (SSSR count). The molecule has 1 amide bonds. The fraction of sp³-hybridized carbons (Fsp3) is 0.333. The van der Waals surface area contributed by atoms with E-state index in [-0.39, 0.29) is 12.5 Å². The third-order valence-electron chi connectivity index (χ3n) is 2.68. The number of nitrogens with zero attached hydrogens (tertiary/aromatic N) is 1. The molecule has 0 radical (unpaired) electrons. The van der Waals surface area contributed by atoms with Crippen molar-refractivity contribution in [1.82, 2.24) is 15.5 Å². The molecule has 2 aromatic rings. The molecule has 0 aliphatic heterocycles. The summed E-state index contributed by atoms with van der Waals surface area (Å²) < 4.78 is 4.85. The van der Waals surface area contributed by atoms with Crippen LogP contribution in [-0.4, -0.2) is 42.9 Å². The lowest BCUT2D eigenvalue weighted by molar-refractivity contribution is -0.119. The number of nitrogens with one attached hydrogen (secondary N) is 3. The number of benzene rings is 1. The van der Waals surface area contributed by atoms with Crippen molar-refractivity contribution in [3.8, 4) is 0 Å². The van der Waals surface area contributed by atoms with Gasteiger partial charge in [-0.15, -0.1) is 0 Å². The minimum Gasteiger partial charge on any atom is -0.397 e. The summed E-state index contributed by atoms with van der Waals surface area (Å²) in [5, 5.41) is 13.4. The molecule has 0 saturated heterocycles. The van der Waals surface area contributed by atoms with E-state index in [1.807, 2.05) is 12.1 Å². The molecule has 1 aromatic carbocycles. The Bertz CT molecular complexity index is 566. The SMILES string of the molecule is COCCNC(=O)CNc1cc2[nH]ncc2cc1N. The Labute approximate surface area is 110 Å². The van der Waals surface area contributed by atoms with Crippen LogP contribution in [0.2, 0.25) is 0 Å². The first kappa shape index (κ1) is 13.2. The third kappa shape index (κ3) is 3.35. The van der Waals surface area contributed by atoms with Crippen LogP contribution < -0.4 is 16.4 Å². The molecular weight excluding hydrogens is 246 g/mol. The molecule has 19 heavy (non-hydrogen) atoms. The zero-order valence-electron chi connectivity index (χ0n) is 10.7. The van der Waals surface area contributed by atoms with E-state index in [2.05, 4.69) is 20.8 Å². The molecule has 1 aromatic heterocycles. The van der Waals surface area contributed by atoms with Crippen molar-refractivity contribution in [2.24, 2.45) is 0 Å². The third-order valence-corrected chi connectivity index (χ3v) is 2.68. The number of carbonyl (C=O) groups excluding carboxylic acids is 1. The van der Waals surface area contributed by atoms with E-state index in [4.69, 9.17) is 10.5 Å². The normalized spacial score (nSPS) is 10.6. The maximum atomic E-state index is 11.5. The number of aromatic nitrogens is 2. The number of fused-ring (bicyclic) bond motifs is 1. The Morgan fingerprint density at radius 2 is 2.37 bits per heavy atom. The minimum absolute atomic E-state index is 0.110. The number of nitrogen functional groups attached to an aromatic ring is 1. The summed E-state index contributed by atoms with van der Waals surface area (Å²) in [5.74, 6) is -0.110. The van der Waals surface area contributed by atoms with E-state index in [9.17, 15) is 4.79 Å². The summed E-state index contributed by atoms with van der Waals surface area (Å²) in [7, 11) is 1.59. The highest BCUT2D eigenvalue weighted by molar-refractivity contribution is 5.90. The largest absolute Gasteiger partial charge is 0.397 e. The van der Waals surface area contributed by atoms with Gasteiger partial charge in [0.15, 0.2) is 0 Å². The van der Waals surface area contributed by atoms with Gasteiger partial charge in [-0.05, 0) is 12.1 Å². The van der Waals surface area contributed by atoms with Crippen LogP contribution in [0.4, 0.5) is 11.4 Å². The van der Waals surface area contributed by atoms with E-state index in [0.717, 1.165) is 10.9 Å². The standard InChI is InChI=1S/C12H17N5O2/c1-19-3-2-14-12(18)7-15-11-5-10-8(4-9(11)13)6-16-17-10/h4-6,15H,2-3,7,13H2,1H3,(H,14,18)(H,16,17). The van der Waals surface area contributed by atoms with E-state index < -0.39 is 0 Å². The van der Waals surface area contributed by atoms with Crippen molar-refractivity contribution < 1.29 is 9.53 Å². The number of aromatic amines is 1.